The summed E-state index contributed by atoms with van der Waals surface area (Å²) in [5.41, 5.74) is 4.98. The van der Waals surface area contributed by atoms with Crippen LogP contribution < -0.4 is 10.8 Å². The normalized spacial score (nSPS) is 11.5. The highest BCUT2D eigenvalue weighted by molar-refractivity contribution is 6.36. The number of benzene rings is 3. The molecule has 0 bridgehead atoms. The summed E-state index contributed by atoms with van der Waals surface area (Å²) >= 11 is 6.45. The molecule has 7 heteroatoms. The molecule has 0 aliphatic rings. The minimum Gasteiger partial charge on any atom is -0.370 e. The van der Waals surface area contributed by atoms with Crippen LogP contribution in [-0.4, -0.2) is 47.5 Å². The molecule has 3 aromatic carbocycles. The van der Waals surface area contributed by atoms with E-state index in [0.717, 1.165) is 54.2 Å². The molecule has 34 heavy (non-hydrogen) atoms. The fraction of sp³-hybridized carbons (Fsp3) is 0.185. The first-order valence-corrected chi connectivity index (χ1v) is 12.0. The number of hydrogen-bond donors (Lipinski definition) is 1. The van der Waals surface area contributed by atoms with Crippen LogP contribution in [0.4, 0.5) is 5.82 Å². The molecule has 5 aromatic rings. The number of nitrogens with zero attached hydrogens (tertiary/aromatic N) is 4. The number of anilines is 1. The molecule has 0 spiro atoms. The topological polar surface area (TPSA) is 45.5 Å². The smallest absolute Gasteiger partial charge is 0.151 e. The van der Waals surface area contributed by atoms with Crippen LogP contribution in [0.25, 0.3) is 27.7 Å². The van der Waals surface area contributed by atoms with Gasteiger partial charge in [-0.15, -0.1) is 0 Å². The van der Waals surface area contributed by atoms with Crippen LogP contribution in [0.1, 0.15) is 12.0 Å². The zero-order chi connectivity index (χ0) is 23.5. The zero-order valence-corrected chi connectivity index (χ0v) is 20.3. The van der Waals surface area contributed by atoms with Crippen molar-refractivity contribution < 1.29 is 0 Å². The van der Waals surface area contributed by atoms with E-state index in [1.54, 1.807) is 0 Å². The Kier molecular flexibility index (Phi) is 6.52. The van der Waals surface area contributed by atoms with E-state index in [9.17, 15) is 0 Å². The van der Waals surface area contributed by atoms with E-state index >= 15 is 0 Å². The quantitative estimate of drug-likeness (QED) is 0.271. The predicted molar refractivity (Wildman–Crippen MR) is 145 cm³/mol. The number of nitrogens with one attached hydrogen (secondary N) is 1. The van der Waals surface area contributed by atoms with Gasteiger partial charge in [0.2, 0.25) is 0 Å². The molecule has 0 unspecified atom stereocenters. The zero-order valence-electron chi connectivity index (χ0n) is 19.5. The van der Waals surface area contributed by atoms with Gasteiger partial charge in [0, 0.05) is 35.9 Å². The standard InChI is InChI=1S/C27H27BClN5/c1-33(18-19-11-12-20-7-2-3-8-21(20)15-19)14-6-13-30-26-16-25(22-9-4-5-10-24(22)29)32-27-23(28)17-31-34(26)27/h2-5,7-12,15-17,30H,6,13-14,18,28H2,1H3. The minimum absolute atomic E-state index is 0.692. The summed E-state index contributed by atoms with van der Waals surface area (Å²) in [4.78, 5) is 7.18. The van der Waals surface area contributed by atoms with Gasteiger partial charge in [-0.25, -0.2) is 4.98 Å². The first kappa shape index (κ1) is 22.4. The van der Waals surface area contributed by atoms with E-state index in [0.29, 0.717) is 5.02 Å². The highest BCUT2D eigenvalue weighted by Gasteiger charge is 2.12. The maximum Gasteiger partial charge on any atom is 0.151 e. The van der Waals surface area contributed by atoms with Crippen molar-refractivity contribution in [2.24, 2.45) is 0 Å². The predicted octanol–water partition coefficient (Wildman–Crippen LogP) is 4.40. The third kappa shape index (κ3) is 4.79. The molecule has 0 atom stereocenters. The molecular weight excluding hydrogens is 441 g/mol. The third-order valence-corrected chi connectivity index (χ3v) is 6.42. The number of aromatic nitrogens is 3. The van der Waals surface area contributed by atoms with Gasteiger partial charge in [-0.1, -0.05) is 66.2 Å². The van der Waals surface area contributed by atoms with E-state index in [1.165, 1.54) is 16.3 Å². The Labute approximate surface area is 205 Å². The molecular formula is C27H27BClN5. The van der Waals surface area contributed by atoms with Crippen molar-refractivity contribution in [2.75, 3.05) is 25.5 Å². The molecule has 170 valence electrons. The number of hydrogen-bond acceptors (Lipinski definition) is 4. The SMILES string of the molecule is Bc1cnn2c(NCCCN(C)Cc3ccc4ccccc4c3)cc(-c3ccccc3Cl)nc12. The van der Waals surface area contributed by atoms with E-state index in [4.69, 9.17) is 16.6 Å². The second kappa shape index (κ2) is 9.88. The second-order valence-electron chi connectivity index (χ2n) is 8.77. The van der Waals surface area contributed by atoms with Gasteiger partial charge in [-0.2, -0.15) is 9.61 Å². The van der Waals surface area contributed by atoms with Crippen molar-refractivity contribution in [3.8, 4) is 11.3 Å². The van der Waals surface area contributed by atoms with Crippen LogP contribution in [0.2, 0.25) is 5.02 Å². The van der Waals surface area contributed by atoms with Crippen LogP contribution in [-0.2, 0) is 6.54 Å². The van der Waals surface area contributed by atoms with Gasteiger partial charge in [0.15, 0.2) is 5.65 Å². The summed E-state index contributed by atoms with van der Waals surface area (Å²) in [6, 6.07) is 25.1. The Balaban J connectivity index is 1.24. The molecule has 0 aliphatic carbocycles. The maximum absolute atomic E-state index is 6.45. The van der Waals surface area contributed by atoms with Crippen LogP contribution in [0.5, 0.6) is 0 Å². The molecule has 2 heterocycles. The number of halogens is 1. The molecule has 0 amide bonds. The molecule has 0 radical (unpaired) electrons. The van der Waals surface area contributed by atoms with E-state index in [1.807, 2.05) is 48.9 Å². The van der Waals surface area contributed by atoms with Gasteiger partial charge in [-0.3, -0.25) is 0 Å². The number of rotatable bonds is 8. The van der Waals surface area contributed by atoms with Crippen molar-refractivity contribution >= 4 is 47.1 Å². The first-order valence-electron chi connectivity index (χ1n) is 11.6. The Bertz CT molecular complexity index is 1450. The molecule has 2 aromatic heterocycles. The first-order chi connectivity index (χ1) is 16.6. The average molecular weight is 468 g/mol. The molecule has 5 nitrogen and oxygen atoms in total. The molecule has 0 saturated heterocycles. The fourth-order valence-corrected chi connectivity index (χ4v) is 4.53. The molecule has 0 fully saturated rings. The number of fused-ring (bicyclic) bond motifs is 2. The van der Waals surface area contributed by atoms with Crippen molar-refractivity contribution in [3.05, 3.63) is 89.6 Å². The lowest BCUT2D eigenvalue weighted by molar-refractivity contribution is 0.325. The monoisotopic (exact) mass is 467 g/mol. The summed E-state index contributed by atoms with van der Waals surface area (Å²) in [6.07, 6.45) is 2.86. The van der Waals surface area contributed by atoms with Gasteiger partial charge < -0.3 is 10.2 Å². The van der Waals surface area contributed by atoms with Crippen molar-refractivity contribution in [3.63, 3.8) is 0 Å². The Morgan fingerprint density at radius 3 is 2.65 bits per heavy atom. The third-order valence-electron chi connectivity index (χ3n) is 6.09. The van der Waals surface area contributed by atoms with E-state index < -0.39 is 0 Å². The van der Waals surface area contributed by atoms with E-state index in [2.05, 4.69) is 64.8 Å². The highest BCUT2D eigenvalue weighted by atomic mass is 35.5. The lowest BCUT2D eigenvalue weighted by atomic mass is 10.0. The average Bonchev–Trinajstić information content (AvgIpc) is 3.22. The highest BCUT2D eigenvalue weighted by Crippen LogP contribution is 2.28. The van der Waals surface area contributed by atoms with Crippen LogP contribution in [0, 0.1) is 0 Å². The van der Waals surface area contributed by atoms with Crippen molar-refractivity contribution in [1.29, 1.82) is 0 Å². The van der Waals surface area contributed by atoms with Crippen LogP contribution >= 0.6 is 11.6 Å². The molecule has 1 N–H and O–H groups in total. The van der Waals surface area contributed by atoms with Crippen molar-refractivity contribution in [1.82, 2.24) is 19.5 Å². The molecule has 0 aliphatic heterocycles. The van der Waals surface area contributed by atoms with Gasteiger partial charge >= 0.3 is 0 Å². The summed E-state index contributed by atoms with van der Waals surface area (Å²) in [5, 5.41) is 11.4. The summed E-state index contributed by atoms with van der Waals surface area (Å²) in [6.45, 7) is 2.75. The van der Waals surface area contributed by atoms with Crippen LogP contribution in [0.15, 0.2) is 79.0 Å². The Morgan fingerprint density at radius 2 is 1.79 bits per heavy atom. The molecule has 5 rings (SSSR count). The second-order valence-corrected chi connectivity index (χ2v) is 9.18. The largest absolute Gasteiger partial charge is 0.370 e. The summed E-state index contributed by atoms with van der Waals surface area (Å²) in [5.74, 6) is 0.921. The summed E-state index contributed by atoms with van der Waals surface area (Å²) < 4.78 is 1.87. The Hall–Kier alpha value is -3.35. The Morgan fingerprint density at radius 1 is 1.00 bits per heavy atom. The maximum atomic E-state index is 6.45. The van der Waals surface area contributed by atoms with Gasteiger partial charge in [0.05, 0.1) is 5.69 Å². The van der Waals surface area contributed by atoms with Gasteiger partial charge in [0.25, 0.3) is 0 Å². The lowest BCUT2D eigenvalue weighted by Gasteiger charge is -2.18. The van der Waals surface area contributed by atoms with Gasteiger partial charge in [-0.05, 0) is 53.9 Å². The van der Waals surface area contributed by atoms with Crippen molar-refractivity contribution in [2.45, 2.75) is 13.0 Å². The fourth-order valence-electron chi connectivity index (χ4n) is 4.30. The van der Waals surface area contributed by atoms with Crippen LogP contribution in [0.3, 0.4) is 0 Å². The van der Waals surface area contributed by atoms with E-state index in [-0.39, 0.29) is 0 Å². The lowest BCUT2D eigenvalue weighted by Crippen LogP contribution is -2.21. The summed E-state index contributed by atoms with van der Waals surface area (Å²) in [7, 11) is 4.20. The molecule has 0 saturated carbocycles. The van der Waals surface area contributed by atoms with Gasteiger partial charge in [0.1, 0.15) is 13.7 Å². The minimum atomic E-state index is 0.692.